The van der Waals surface area contributed by atoms with E-state index in [-0.39, 0.29) is 0 Å². The summed E-state index contributed by atoms with van der Waals surface area (Å²) >= 11 is 0. The molecule has 0 saturated heterocycles. The van der Waals surface area contributed by atoms with Gasteiger partial charge in [-0.15, -0.1) is 0 Å². The molecule has 1 aliphatic heterocycles. The van der Waals surface area contributed by atoms with Crippen molar-refractivity contribution in [1.29, 1.82) is 0 Å². The van der Waals surface area contributed by atoms with Crippen LogP contribution < -0.4 is 14.7 Å². The number of rotatable bonds is 11. The van der Waals surface area contributed by atoms with Crippen molar-refractivity contribution in [3.05, 3.63) is 318 Å². The van der Waals surface area contributed by atoms with Crippen molar-refractivity contribution in [2.45, 2.75) is 19.3 Å². The average molecular weight is 924 g/mol. The highest BCUT2D eigenvalue weighted by Gasteiger charge is 2.46. The van der Waals surface area contributed by atoms with Crippen molar-refractivity contribution in [2.24, 2.45) is 0 Å². The van der Waals surface area contributed by atoms with Gasteiger partial charge in [0.1, 0.15) is 0 Å². The van der Waals surface area contributed by atoms with Crippen LogP contribution in [-0.2, 0) is 5.41 Å². The summed E-state index contributed by atoms with van der Waals surface area (Å²) in [6, 6.07) is 104. The summed E-state index contributed by atoms with van der Waals surface area (Å²) in [5.41, 5.74) is 21.4. The van der Waals surface area contributed by atoms with Crippen LogP contribution in [0.3, 0.4) is 0 Å². The number of nitrogens with zero attached hydrogens (tertiary/aromatic N) is 3. The van der Waals surface area contributed by atoms with Crippen molar-refractivity contribution < 1.29 is 0 Å². The molecule has 72 heavy (non-hydrogen) atoms. The van der Waals surface area contributed by atoms with Crippen molar-refractivity contribution in [3.8, 4) is 22.3 Å². The normalized spacial score (nSPS) is 12.4. The highest BCUT2D eigenvalue weighted by atomic mass is 15.2. The summed E-state index contributed by atoms with van der Waals surface area (Å²) in [5.74, 6) is 0. The topological polar surface area (TPSA) is 9.72 Å². The van der Waals surface area contributed by atoms with E-state index < -0.39 is 5.41 Å². The van der Waals surface area contributed by atoms with Crippen molar-refractivity contribution >= 4 is 51.2 Å². The Kier molecular flexibility index (Phi) is 11.6. The van der Waals surface area contributed by atoms with Crippen LogP contribution in [0, 0.1) is 13.8 Å². The van der Waals surface area contributed by atoms with Crippen LogP contribution in [0.2, 0.25) is 0 Å². The maximum atomic E-state index is 2.43. The van der Waals surface area contributed by atoms with Gasteiger partial charge in [-0.2, -0.15) is 0 Å². The van der Waals surface area contributed by atoms with Gasteiger partial charge >= 0.3 is 0 Å². The van der Waals surface area contributed by atoms with Crippen molar-refractivity contribution in [2.75, 3.05) is 14.7 Å². The maximum Gasteiger partial charge on any atom is 0.0742 e. The minimum Gasteiger partial charge on any atom is -0.310 e. The second kappa shape index (κ2) is 19.0. The van der Waals surface area contributed by atoms with Gasteiger partial charge in [0.15, 0.2) is 0 Å². The van der Waals surface area contributed by atoms with E-state index in [9.17, 15) is 0 Å². The first-order chi connectivity index (χ1) is 35.6. The van der Waals surface area contributed by atoms with E-state index in [0.29, 0.717) is 0 Å². The van der Waals surface area contributed by atoms with Gasteiger partial charge in [-0.05, 0) is 154 Å². The SMILES string of the molecule is Cc1ccccc1N(c1ccc(-c2ccccc2)cc1)c1ccc(C2(c3ccc(N(c4ccc(-c5ccccc5)cc4)c4ccccc4C)cc3)c3ccccc3N(c3ccccc3)c3ccccc32)cc1. The second-order valence-corrected chi connectivity index (χ2v) is 18.6. The largest absolute Gasteiger partial charge is 0.310 e. The molecule has 0 atom stereocenters. The van der Waals surface area contributed by atoms with Crippen LogP contribution in [-0.4, -0.2) is 0 Å². The molecule has 1 heterocycles. The summed E-state index contributed by atoms with van der Waals surface area (Å²) in [7, 11) is 0. The fraction of sp³-hybridized carbons (Fsp3) is 0.0435. The molecule has 0 spiro atoms. The Bertz CT molecular complexity index is 3400. The molecule has 0 radical (unpaired) electrons. The Morgan fingerprint density at radius 2 is 0.583 bits per heavy atom. The molecule has 344 valence electrons. The Hall–Kier alpha value is -9.18. The molecule has 11 aromatic rings. The third-order valence-electron chi connectivity index (χ3n) is 14.4. The van der Waals surface area contributed by atoms with Crippen LogP contribution in [0.4, 0.5) is 51.2 Å². The predicted octanol–water partition coefficient (Wildman–Crippen LogP) is 18.7. The van der Waals surface area contributed by atoms with Crippen LogP contribution >= 0.6 is 0 Å². The van der Waals surface area contributed by atoms with Gasteiger partial charge in [0.05, 0.1) is 16.8 Å². The zero-order valence-electron chi connectivity index (χ0n) is 40.5. The summed E-state index contributed by atoms with van der Waals surface area (Å²) < 4.78 is 0. The maximum absolute atomic E-state index is 2.43. The van der Waals surface area contributed by atoms with E-state index in [0.717, 1.165) is 51.2 Å². The molecule has 0 saturated carbocycles. The number of aryl methyl sites for hydroxylation is 2. The first-order valence-electron chi connectivity index (χ1n) is 24.8. The molecular weight excluding hydrogens is 871 g/mol. The van der Waals surface area contributed by atoms with Gasteiger partial charge in [0.2, 0.25) is 0 Å². The molecule has 0 aromatic heterocycles. The van der Waals surface area contributed by atoms with Gasteiger partial charge in [0, 0.05) is 39.8 Å². The molecule has 12 rings (SSSR count). The van der Waals surface area contributed by atoms with Crippen LogP contribution in [0.5, 0.6) is 0 Å². The Balaban J connectivity index is 1.03. The lowest BCUT2D eigenvalue weighted by atomic mass is 9.62. The lowest BCUT2D eigenvalue weighted by molar-refractivity contribution is 0.731. The zero-order chi connectivity index (χ0) is 48.4. The second-order valence-electron chi connectivity index (χ2n) is 18.6. The van der Waals surface area contributed by atoms with E-state index in [1.165, 1.54) is 55.6 Å². The molecule has 1 aliphatic rings. The number of benzene rings is 11. The van der Waals surface area contributed by atoms with Crippen LogP contribution in [0.25, 0.3) is 22.3 Å². The first kappa shape index (κ1) is 44.1. The molecule has 0 amide bonds. The number of hydrogen-bond acceptors (Lipinski definition) is 3. The fourth-order valence-electron chi connectivity index (χ4n) is 11.0. The third kappa shape index (κ3) is 7.82. The number of hydrogen-bond donors (Lipinski definition) is 0. The van der Waals surface area contributed by atoms with E-state index >= 15 is 0 Å². The molecule has 0 aliphatic carbocycles. The molecule has 3 heteroatoms. The van der Waals surface area contributed by atoms with Gasteiger partial charge in [-0.25, -0.2) is 0 Å². The molecular formula is C69H53N3. The zero-order valence-corrected chi connectivity index (χ0v) is 40.5. The Labute approximate surface area is 423 Å². The minimum atomic E-state index is -0.703. The highest BCUT2D eigenvalue weighted by Crippen LogP contribution is 2.58. The predicted molar refractivity (Wildman–Crippen MR) is 303 cm³/mol. The van der Waals surface area contributed by atoms with Gasteiger partial charge in [0.25, 0.3) is 0 Å². The first-order valence-corrected chi connectivity index (χ1v) is 24.8. The van der Waals surface area contributed by atoms with E-state index in [1.54, 1.807) is 0 Å². The lowest BCUT2D eigenvalue weighted by Crippen LogP contribution is -2.37. The molecule has 3 nitrogen and oxygen atoms in total. The summed E-state index contributed by atoms with van der Waals surface area (Å²) in [4.78, 5) is 7.22. The molecule has 0 bridgehead atoms. The summed E-state index contributed by atoms with van der Waals surface area (Å²) in [5, 5.41) is 0. The quantitative estimate of drug-likeness (QED) is 0.128. The van der Waals surface area contributed by atoms with E-state index in [2.05, 4.69) is 314 Å². The molecule has 0 N–H and O–H groups in total. The van der Waals surface area contributed by atoms with Crippen molar-refractivity contribution in [3.63, 3.8) is 0 Å². The molecule has 0 unspecified atom stereocenters. The number of anilines is 9. The lowest BCUT2D eigenvalue weighted by Gasteiger charge is -2.46. The third-order valence-corrected chi connectivity index (χ3v) is 14.4. The van der Waals surface area contributed by atoms with E-state index in [4.69, 9.17) is 0 Å². The van der Waals surface area contributed by atoms with Gasteiger partial charge < -0.3 is 14.7 Å². The highest BCUT2D eigenvalue weighted by molar-refractivity contribution is 5.90. The van der Waals surface area contributed by atoms with Crippen LogP contribution in [0.1, 0.15) is 33.4 Å². The number of fused-ring (bicyclic) bond motifs is 2. The Morgan fingerprint density at radius 3 is 0.972 bits per heavy atom. The molecule has 0 fully saturated rings. The number of para-hydroxylation sites is 5. The van der Waals surface area contributed by atoms with Crippen molar-refractivity contribution in [1.82, 2.24) is 0 Å². The Morgan fingerprint density at radius 1 is 0.278 bits per heavy atom. The molecule has 11 aromatic carbocycles. The van der Waals surface area contributed by atoms with Gasteiger partial charge in [-0.1, -0.05) is 200 Å². The standard InChI is InChI=1S/C69H53N3/c1-50-20-12-16-30-65(50)70(59-42-34-54(35-43-59)52-22-6-3-7-23-52)61-46-38-56(39-47-61)69(63-28-14-18-32-67(63)72(58-26-10-5-11-27-58)68-33-19-15-29-64(68)69)57-40-48-62(49-41-57)71(66-31-17-13-21-51(66)2)60-44-36-55(37-45-60)53-24-8-4-9-25-53/h3-49H,1-2H3. The van der Waals surface area contributed by atoms with Crippen LogP contribution in [0.15, 0.2) is 285 Å². The van der Waals surface area contributed by atoms with Gasteiger partial charge in [-0.3, -0.25) is 0 Å². The smallest absolute Gasteiger partial charge is 0.0742 e. The van der Waals surface area contributed by atoms with E-state index in [1.807, 2.05) is 0 Å². The monoisotopic (exact) mass is 923 g/mol. The fourth-order valence-corrected chi connectivity index (χ4v) is 11.0. The summed E-state index contributed by atoms with van der Waals surface area (Å²) in [6.45, 7) is 4.39. The average Bonchev–Trinajstić information content (AvgIpc) is 3.46. The summed E-state index contributed by atoms with van der Waals surface area (Å²) in [6.07, 6.45) is 0. The minimum absolute atomic E-state index is 0.703.